The molecule has 1 aliphatic carbocycles. The van der Waals surface area contributed by atoms with Crippen LogP contribution in [0.1, 0.15) is 40.5 Å². The minimum Gasteiger partial charge on any atom is -0.459 e. The third kappa shape index (κ3) is 2.86. The van der Waals surface area contributed by atoms with Crippen LogP contribution in [0, 0.1) is 11.8 Å². The van der Waals surface area contributed by atoms with Gasteiger partial charge in [-0.2, -0.15) is 0 Å². The molecule has 0 fully saturated rings. The van der Waals surface area contributed by atoms with Gasteiger partial charge in [0, 0.05) is 12.8 Å². The topological polar surface area (TPSA) is 26.3 Å². The van der Waals surface area contributed by atoms with E-state index >= 15 is 0 Å². The lowest BCUT2D eigenvalue weighted by Gasteiger charge is -2.34. The van der Waals surface area contributed by atoms with Crippen molar-refractivity contribution in [3.05, 3.63) is 12.2 Å². The number of esters is 1. The van der Waals surface area contributed by atoms with Crippen molar-refractivity contribution < 1.29 is 9.53 Å². The Bertz CT molecular complexity index is 241. The van der Waals surface area contributed by atoms with Gasteiger partial charge < -0.3 is 4.74 Å². The van der Waals surface area contributed by atoms with Crippen LogP contribution in [-0.4, -0.2) is 11.6 Å². The molecule has 0 saturated heterocycles. The Kier molecular flexibility index (Phi) is 3.35. The number of allylic oxidation sites excluding steroid dienone is 1. The van der Waals surface area contributed by atoms with Crippen LogP contribution in [0.2, 0.25) is 0 Å². The zero-order valence-electron chi connectivity index (χ0n) is 9.54. The maximum absolute atomic E-state index is 10.9. The normalized spacial score (nSPS) is 27.4. The third-order valence-corrected chi connectivity index (χ3v) is 2.90. The van der Waals surface area contributed by atoms with E-state index in [-0.39, 0.29) is 11.6 Å². The molecule has 0 bridgehead atoms. The van der Waals surface area contributed by atoms with Crippen molar-refractivity contribution in [2.24, 2.45) is 11.8 Å². The summed E-state index contributed by atoms with van der Waals surface area (Å²) in [6.07, 6.45) is 6.71. The van der Waals surface area contributed by atoms with Crippen LogP contribution in [0.4, 0.5) is 0 Å². The molecule has 0 N–H and O–H groups in total. The number of carbonyl (C=O) groups excluding carboxylic acids is 1. The monoisotopic (exact) mass is 196 g/mol. The molecule has 2 nitrogen and oxygen atoms in total. The standard InChI is InChI=1S/C12H20O2/c1-9-5-7-11(8-6-9)12(3,4)14-10(2)13/h5,7,9,11H,6,8H2,1-4H3/t9-,11-/m1/s1. The van der Waals surface area contributed by atoms with Gasteiger partial charge in [-0.3, -0.25) is 4.79 Å². The molecule has 0 aromatic heterocycles. The molecule has 14 heavy (non-hydrogen) atoms. The van der Waals surface area contributed by atoms with Crippen molar-refractivity contribution in [1.29, 1.82) is 0 Å². The van der Waals surface area contributed by atoms with Gasteiger partial charge in [-0.15, -0.1) is 0 Å². The maximum Gasteiger partial charge on any atom is 0.303 e. The fraction of sp³-hybridized carbons (Fsp3) is 0.750. The van der Waals surface area contributed by atoms with Gasteiger partial charge in [0.2, 0.25) is 0 Å². The number of rotatable bonds is 2. The summed E-state index contributed by atoms with van der Waals surface area (Å²) in [6.45, 7) is 7.65. The molecule has 0 aliphatic heterocycles. The highest BCUT2D eigenvalue weighted by molar-refractivity contribution is 5.66. The summed E-state index contributed by atoms with van der Waals surface area (Å²) in [4.78, 5) is 10.9. The summed E-state index contributed by atoms with van der Waals surface area (Å²) >= 11 is 0. The van der Waals surface area contributed by atoms with E-state index in [1.807, 2.05) is 13.8 Å². The molecule has 0 aromatic rings. The molecule has 0 amide bonds. The predicted molar refractivity (Wildman–Crippen MR) is 56.9 cm³/mol. The Morgan fingerprint density at radius 2 is 2.00 bits per heavy atom. The molecule has 2 heteroatoms. The molecule has 0 radical (unpaired) electrons. The first kappa shape index (κ1) is 11.3. The molecule has 0 heterocycles. The van der Waals surface area contributed by atoms with E-state index in [0.29, 0.717) is 11.8 Å². The van der Waals surface area contributed by atoms with Gasteiger partial charge in [0.25, 0.3) is 0 Å². The number of carbonyl (C=O) groups is 1. The summed E-state index contributed by atoms with van der Waals surface area (Å²) in [5, 5.41) is 0. The zero-order valence-corrected chi connectivity index (χ0v) is 9.54. The Hall–Kier alpha value is -0.790. The van der Waals surface area contributed by atoms with Crippen molar-refractivity contribution in [2.45, 2.75) is 46.1 Å². The Balaban J connectivity index is 2.63. The third-order valence-electron chi connectivity index (χ3n) is 2.90. The minimum atomic E-state index is -0.359. The van der Waals surface area contributed by atoms with Crippen LogP contribution in [0.5, 0.6) is 0 Å². The van der Waals surface area contributed by atoms with Crippen LogP contribution >= 0.6 is 0 Å². The molecule has 1 rings (SSSR count). The first-order valence-electron chi connectivity index (χ1n) is 5.29. The second-order valence-corrected chi connectivity index (χ2v) is 4.74. The number of ether oxygens (including phenoxy) is 1. The molecule has 0 unspecified atom stereocenters. The molecule has 1 aliphatic rings. The van der Waals surface area contributed by atoms with E-state index in [1.54, 1.807) is 0 Å². The van der Waals surface area contributed by atoms with Crippen molar-refractivity contribution in [3.63, 3.8) is 0 Å². The lowest BCUT2D eigenvalue weighted by molar-refractivity contribution is -0.157. The smallest absolute Gasteiger partial charge is 0.303 e. The van der Waals surface area contributed by atoms with Gasteiger partial charge in [-0.05, 0) is 32.6 Å². The Morgan fingerprint density at radius 1 is 1.36 bits per heavy atom. The summed E-state index contributed by atoms with van der Waals surface area (Å²) in [5.74, 6) is 0.837. The highest BCUT2D eigenvalue weighted by atomic mass is 16.6. The fourth-order valence-electron chi connectivity index (χ4n) is 1.98. The van der Waals surface area contributed by atoms with Crippen LogP contribution in [0.15, 0.2) is 12.2 Å². The molecular weight excluding hydrogens is 176 g/mol. The van der Waals surface area contributed by atoms with Gasteiger partial charge in [0.15, 0.2) is 0 Å². The molecule has 2 atom stereocenters. The Morgan fingerprint density at radius 3 is 2.43 bits per heavy atom. The predicted octanol–water partition coefficient (Wildman–Crippen LogP) is 2.93. The lowest BCUT2D eigenvalue weighted by atomic mass is 9.80. The van der Waals surface area contributed by atoms with E-state index in [9.17, 15) is 4.79 Å². The van der Waals surface area contributed by atoms with Crippen molar-refractivity contribution in [1.82, 2.24) is 0 Å². The van der Waals surface area contributed by atoms with Gasteiger partial charge in [0.05, 0.1) is 0 Å². The highest BCUT2D eigenvalue weighted by Crippen LogP contribution is 2.32. The molecule has 0 spiro atoms. The van der Waals surface area contributed by atoms with Gasteiger partial charge in [0.1, 0.15) is 5.60 Å². The van der Waals surface area contributed by atoms with E-state index in [0.717, 1.165) is 6.42 Å². The van der Waals surface area contributed by atoms with Crippen LogP contribution in [-0.2, 0) is 9.53 Å². The van der Waals surface area contributed by atoms with Crippen molar-refractivity contribution in [3.8, 4) is 0 Å². The van der Waals surface area contributed by atoms with E-state index in [2.05, 4.69) is 19.1 Å². The SMILES string of the molecule is CC(=O)OC(C)(C)[C@@H]1C=C[C@@H](C)CC1. The van der Waals surface area contributed by atoms with Crippen molar-refractivity contribution >= 4 is 5.97 Å². The van der Waals surface area contributed by atoms with Crippen molar-refractivity contribution in [2.75, 3.05) is 0 Å². The van der Waals surface area contributed by atoms with Crippen LogP contribution in [0.3, 0.4) is 0 Å². The fourth-order valence-corrected chi connectivity index (χ4v) is 1.98. The average Bonchev–Trinajstić information content (AvgIpc) is 2.02. The number of hydrogen-bond donors (Lipinski definition) is 0. The molecular formula is C12H20O2. The minimum absolute atomic E-state index is 0.193. The van der Waals surface area contributed by atoms with E-state index in [4.69, 9.17) is 4.74 Å². The van der Waals surface area contributed by atoms with Gasteiger partial charge in [-0.25, -0.2) is 0 Å². The summed E-state index contributed by atoms with van der Waals surface area (Å²) in [5.41, 5.74) is -0.359. The second-order valence-electron chi connectivity index (χ2n) is 4.74. The summed E-state index contributed by atoms with van der Waals surface area (Å²) in [6, 6.07) is 0. The van der Waals surface area contributed by atoms with E-state index < -0.39 is 0 Å². The first-order chi connectivity index (χ1) is 6.42. The van der Waals surface area contributed by atoms with Gasteiger partial charge in [-0.1, -0.05) is 19.1 Å². The molecule has 0 aromatic carbocycles. The van der Waals surface area contributed by atoms with Crippen LogP contribution < -0.4 is 0 Å². The molecule has 0 saturated carbocycles. The number of hydrogen-bond acceptors (Lipinski definition) is 2. The molecule has 80 valence electrons. The van der Waals surface area contributed by atoms with Gasteiger partial charge >= 0.3 is 5.97 Å². The highest BCUT2D eigenvalue weighted by Gasteiger charge is 2.32. The Labute approximate surface area is 86.3 Å². The maximum atomic E-state index is 10.9. The largest absolute Gasteiger partial charge is 0.459 e. The quantitative estimate of drug-likeness (QED) is 0.501. The summed E-state index contributed by atoms with van der Waals surface area (Å²) < 4.78 is 5.32. The zero-order chi connectivity index (χ0) is 10.8. The van der Waals surface area contributed by atoms with E-state index in [1.165, 1.54) is 13.3 Å². The lowest BCUT2D eigenvalue weighted by Crippen LogP contribution is -2.36. The summed E-state index contributed by atoms with van der Waals surface area (Å²) in [7, 11) is 0. The second kappa shape index (κ2) is 4.16. The average molecular weight is 196 g/mol. The van der Waals surface area contributed by atoms with Crippen LogP contribution in [0.25, 0.3) is 0 Å². The first-order valence-corrected chi connectivity index (χ1v) is 5.29.